The molecule has 4 aliphatic carbocycles. The topological polar surface area (TPSA) is 62.3 Å². The number of nitrogens with one attached hydrogen (secondary N) is 1. The van der Waals surface area contributed by atoms with Crippen LogP contribution >= 0.6 is 11.3 Å². The van der Waals surface area contributed by atoms with E-state index in [1.807, 2.05) is 17.2 Å². The van der Waals surface area contributed by atoms with E-state index in [2.05, 4.69) is 10.3 Å². The molecule has 2 heterocycles. The van der Waals surface area contributed by atoms with Crippen LogP contribution in [0.15, 0.2) is 5.38 Å². The first-order chi connectivity index (χ1) is 12.5. The number of aryl methyl sites for hydroxylation is 1. The van der Waals surface area contributed by atoms with Gasteiger partial charge in [0.25, 0.3) is 0 Å². The lowest BCUT2D eigenvalue weighted by Crippen LogP contribution is -2.56. The fourth-order valence-corrected chi connectivity index (χ4v) is 7.25. The fraction of sp³-hybridized carbons (Fsp3) is 0.750. The number of nitrogens with zero attached hydrogens (tertiary/aromatic N) is 2. The van der Waals surface area contributed by atoms with Gasteiger partial charge in [-0.05, 0) is 76.0 Å². The molecular formula is C20H27N3O2S. The summed E-state index contributed by atoms with van der Waals surface area (Å²) in [5.41, 5.74) is 0.758. The second-order valence-corrected chi connectivity index (χ2v) is 10.00. The standard InChI is InChI=1S/C20H27N3O2S/c1-12-11-26-19(21-12)22-17(24)16-3-2-4-23(16)18(25)20-8-13-5-14(9-20)7-15(6-13)10-20/h11,13-16H,2-10H2,1H3,(H,21,22,24). The molecular weight excluding hydrogens is 346 g/mol. The Morgan fingerprint density at radius 2 is 1.85 bits per heavy atom. The van der Waals surface area contributed by atoms with Crippen molar-refractivity contribution >= 4 is 28.3 Å². The summed E-state index contributed by atoms with van der Waals surface area (Å²) >= 11 is 1.45. The van der Waals surface area contributed by atoms with Gasteiger partial charge in [0, 0.05) is 11.9 Å². The van der Waals surface area contributed by atoms with Gasteiger partial charge in [0.05, 0.1) is 11.1 Å². The van der Waals surface area contributed by atoms with Crippen LogP contribution in [0.1, 0.15) is 57.1 Å². The Bertz CT molecular complexity index is 708. The molecule has 0 spiro atoms. The van der Waals surface area contributed by atoms with Crippen molar-refractivity contribution in [2.45, 2.75) is 64.3 Å². The van der Waals surface area contributed by atoms with Crippen molar-refractivity contribution in [1.29, 1.82) is 0 Å². The van der Waals surface area contributed by atoms with Crippen molar-refractivity contribution in [3.63, 3.8) is 0 Å². The van der Waals surface area contributed by atoms with Crippen LogP contribution < -0.4 is 5.32 Å². The van der Waals surface area contributed by atoms with E-state index in [0.717, 1.165) is 62.1 Å². The first-order valence-corrected chi connectivity index (χ1v) is 10.9. The lowest BCUT2D eigenvalue weighted by Gasteiger charge is -2.56. The van der Waals surface area contributed by atoms with Crippen LogP contribution in [0.2, 0.25) is 0 Å². The molecule has 140 valence electrons. The van der Waals surface area contributed by atoms with Gasteiger partial charge in [0.15, 0.2) is 5.13 Å². The molecule has 1 N–H and O–H groups in total. The van der Waals surface area contributed by atoms with Crippen LogP contribution in [0, 0.1) is 30.1 Å². The molecule has 0 aromatic carbocycles. The molecule has 6 rings (SSSR count). The van der Waals surface area contributed by atoms with Crippen LogP contribution in [-0.2, 0) is 9.59 Å². The molecule has 5 fully saturated rings. The van der Waals surface area contributed by atoms with Crippen molar-refractivity contribution < 1.29 is 9.59 Å². The zero-order valence-electron chi connectivity index (χ0n) is 15.4. The molecule has 4 bridgehead atoms. The van der Waals surface area contributed by atoms with Gasteiger partial charge >= 0.3 is 0 Å². The molecule has 4 saturated carbocycles. The molecule has 1 aromatic heterocycles. The predicted molar refractivity (Wildman–Crippen MR) is 101 cm³/mol. The quantitative estimate of drug-likeness (QED) is 0.881. The largest absolute Gasteiger partial charge is 0.330 e. The minimum absolute atomic E-state index is 0.0603. The number of amides is 2. The highest BCUT2D eigenvalue weighted by Gasteiger charge is 2.56. The maximum absolute atomic E-state index is 13.6. The molecule has 5 aliphatic rings. The first-order valence-electron chi connectivity index (χ1n) is 10.1. The number of carbonyl (C=O) groups excluding carboxylic acids is 2. The highest BCUT2D eigenvalue weighted by atomic mass is 32.1. The van der Waals surface area contributed by atoms with Crippen LogP contribution in [-0.4, -0.2) is 34.3 Å². The third-order valence-electron chi connectivity index (χ3n) is 7.16. The van der Waals surface area contributed by atoms with E-state index < -0.39 is 0 Å². The zero-order chi connectivity index (χ0) is 17.9. The van der Waals surface area contributed by atoms with Crippen LogP contribution in [0.3, 0.4) is 0 Å². The SMILES string of the molecule is Cc1csc(NC(=O)C2CCCN2C(=O)C23CC4CC(CC(C4)C2)C3)n1. The van der Waals surface area contributed by atoms with Gasteiger partial charge in [0.2, 0.25) is 11.8 Å². The van der Waals surface area contributed by atoms with Crippen molar-refractivity contribution in [3.05, 3.63) is 11.1 Å². The summed E-state index contributed by atoms with van der Waals surface area (Å²) in [4.78, 5) is 32.7. The average Bonchev–Trinajstić information content (AvgIpc) is 3.22. The summed E-state index contributed by atoms with van der Waals surface area (Å²) in [6.45, 7) is 2.65. The number of hydrogen-bond donors (Lipinski definition) is 1. The summed E-state index contributed by atoms with van der Waals surface area (Å²) in [6, 6.07) is -0.320. The maximum atomic E-state index is 13.6. The highest BCUT2D eigenvalue weighted by molar-refractivity contribution is 7.13. The van der Waals surface area contributed by atoms with Crippen molar-refractivity contribution in [1.82, 2.24) is 9.88 Å². The van der Waals surface area contributed by atoms with Crippen LogP contribution in [0.4, 0.5) is 5.13 Å². The summed E-state index contributed by atoms with van der Waals surface area (Å²) < 4.78 is 0. The Morgan fingerprint density at radius 3 is 2.42 bits per heavy atom. The number of likely N-dealkylation sites (tertiary alicyclic amines) is 1. The van der Waals surface area contributed by atoms with E-state index in [4.69, 9.17) is 0 Å². The third kappa shape index (κ3) is 2.68. The van der Waals surface area contributed by atoms with Gasteiger partial charge in [-0.15, -0.1) is 11.3 Å². The van der Waals surface area contributed by atoms with Crippen LogP contribution in [0.25, 0.3) is 0 Å². The third-order valence-corrected chi connectivity index (χ3v) is 8.03. The smallest absolute Gasteiger partial charge is 0.248 e. The van der Waals surface area contributed by atoms with Gasteiger partial charge in [-0.2, -0.15) is 0 Å². The number of aromatic nitrogens is 1. The number of hydrogen-bond acceptors (Lipinski definition) is 4. The normalized spacial score (nSPS) is 38.0. The summed E-state index contributed by atoms with van der Waals surface area (Å²) in [5, 5.41) is 5.51. The second-order valence-electron chi connectivity index (χ2n) is 9.14. The van der Waals surface area contributed by atoms with Gasteiger partial charge in [0.1, 0.15) is 6.04 Å². The summed E-state index contributed by atoms with van der Waals surface area (Å²) in [5.74, 6) is 2.47. The van der Waals surface area contributed by atoms with E-state index >= 15 is 0 Å². The highest BCUT2D eigenvalue weighted by Crippen LogP contribution is 2.60. The van der Waals surface area contributed by atoms with E-state index in [0.29, 0.717) is 5.13 Å². The molecule has 0 radical (unpaired) electrons. The Balaban J connectivity index is 1.34. The fourth-order valence-electron chi connectivity index (χ4n) is 6.56. The Labute approximate surface area is 158 Å². The minimum atomic E-state index is -0.320. The van der Waals surface area contributed by atoms with Gasteiger partial charge in [-0.25, -0.2) is 4.98 Å². The summed E-state index contributed by atoms with van der Waals surface area (Å²) in [6.07, 6.45) is 8.89. The first kappa shape index (κ1) is 16.7. The van der Waals surface area contributed by atoms with E-state index in [1.165, 1.54) is 30.6 Å². The van der Waals surface area contributed by atoms with Crippen molar-refractivity contribution in [2.24, 2.45) is 23.2 Å². The number of anilines is 1. The molecule has 1 unspecified atom stereocenters. The molecule has 1 saturated heterocycles. The second kappa shape index (κ2) is 6.04. The monoisotopic (exact) mass is 373 g/mol. The lowest BCUT2D eigenvalue weighted by atomic mass is 9.49. The molecule has 1 atom stereocenters. The maximum Gasteiger partial charge on any atom is 0.248 e. The predicted octanol–water partition coefficient (Wildman–Crippen LogP) is 3.60. The Kier molecular flexibility index (Phi) is 3.89. The van der Waals surface area contributed by atoms with Gasteiger partial charge in [-0.1, -0.05) is 0 Å². The molecule has 1 aromatic rings. The Hall–Kier alpha value is -1.43. The minimum Gasteiger partial charge on any atom is -0.330 e. The van der Waals surface area contributed by atoms with Crippen LogP contribution in [0.5, 0.6) is 0 Å². The van der Waals surface area contributed by atoms with Crippen molar-refractivity contribution in [2.75, 3.05) is 11.9 Å². The average molecular weight is 374 g/mol. The number of carbonyl (C=O) groups is 2. The molecule has 1 aliphatic heterocycles. The van der Waals surface area contributed by atoms with Crippen molar-refractivity contribution in [3.8, 4) is 0 Å². The Morgan fingerprint density at radius 1 is 1.19 bits per heavy atom. The molecule has 2 amide bonds. The molecule has 5 nitrogen and oxygen atoms in total. The van der Waals surface area contributed by atoms with Gasteiger partial charge in [-0.3, -0.25) is 9.59 Å². The zero-order valence-corrected chi connectivity index (χ0v) is 16.2. The number of thiazole rings is 1. The van der Waals surface area contributed by atoms with E-state index in [9.17, 15) is 9.59 Å². The molecule has 6 heteroatoms. The molecule has 26 heavy (non-hydrogen) atoms. The van der Waals surface area contributed by atoms with E-state index in [1.54, 1.807) is 0 Å². The van der Waals surface area contributed by atoms with E-state index in [-0.39, 0.29) is 23.3 Å². The summed E-state index contributed by atoms with van der Waals surface area (Å²) in [7, 11) is 0. The van der Waals surface area contributed by atoms with Gasteiger partial charge < -0.3 is 10.2 Å². The number of rotatable bonds is 3. The lowest BCUT2D eigenvalue weighted by molar-refractivity contribution is -0.160.